The molecular formula is C23H32O4. The highest BCUT2D eigenvalue weighted by Gasteiger charge is 2.21. The smallest absolute Gasteiger partial charge is 0.339 e. The Hall–Kier alpha value is -2.49. The third-order valence-electron chi connectivity index (χ3n) is 4.54. The molecule has 1 rings (SSSR count). The highest BCUT2D eigenvalue weighted by molar-refractivity contribution is 5.93. The fourth-order valence-electron chi connectivity index (χ4n) is 3.00. The van der Waals surface area contributed by atoms with Gasteiger partial charge < -0.3 is 15.3 Å². The molecule has 0 fully saturated rings. The van der Waals surface area contributed by atoms with Gasteiger partial charge in [0.05, 0.1) is 0 Å². The topological polar surface area (TPSA) is 77.8 Å². The first kappa shape index (κ1) is 22.6. The first-order valence-electron chi connectivity index (χ1n) is 9.56. The monoisotopic (exact) mass is 372 g/mol. The van der Waals surface area contributed by atoms with Gasteiger partial charge in [0.1, 0.15) is 17.1 Å². The molecule has 0 unspecified atom stereocenters. The summed E-state index contributed by atoms with van der Waals surface area (Å²) in [7, 11) is 0. The van der Waals surface area contributed by atoms with E-state index in [0.717, 1.165) is 37.7 Å². The van der Waals surface area contributed by atoms with Gasteiger partial charge in [0, 0.05) is 5.56 Å². The van der Waals surface area contributed by atoms with Crippen molar-refractivity contribution in [1.82, 2.24) is 0 Å². The standard InChI is InChI=1S/C23H32O4/c1-5-7-8-12-18-15-20(24)19(22(25)21(18)23(26)27)14-13-17(6-2)11-9-10-16(3)4/h6,10,13,15,24-25H,2,5,7-9,11-12,14H2,1,3-4H3,(H,26,27)/b17-13+. The maximum absolute atomic E-state index is 11.7. The van der Waals surface area contributed by atoms with E-state index >= 15 is 0 Å². The lowest BCUT2D eigenvalue weighted by atomic mass is 9.94. The Morgan fingerprint density at radius 3 is 2.44 bits per heavy atom. The normalized spacial score (nSPS) is 11.3. The molecule has 3 N–H and O–H groups in total. The van der Waals surface area contributed by atoms with Crippen molar-refractivity contribution in [3.05, 3.63) is 58.7 Å². The molecule has 0 aliphatic rings. The van der Waals surface area contributed by atoms with Crippen molar-refractivity contribution in [3.8, 4) is 11.5 Å². The minimum Gasteiger partial charge on any atom is -0.508 e. The second kappa shape index (κ2) is 11.3. The number of allylic oxidation sites excluding steroid dienone is 5. The van der Waals surface area contributed by atoms with E-state index in [-0.39, 0.29) is 29.0 Å². The molecule has 0 spiro atoms. The summed E-state index contributed by atoms with van der Waals surface area (Å²) in [6, 6.07) is 1.48. The summed E-state index contributed by atoms with van der Waals surface area (Å²) >= 11 is 0. The second-order valence-corrected chi connectivity index (χ2v) is 7.03. The second-order valence-electron chi connectivity index (χ2n) is 7.03. The highest BCUT2D eigenvalue weighted by Crippen LogP contribution is 2.35. The van der Waals surface area contributed by atoms with Gasteiger partial charge in [-0.3, -0.25) is 0 Å². The van der Waals surface area contributed by atoms with Crippen LogP contribution >= 0.6 is 0 Å². The minimum absolute atomic E-state index is 0.0621. The molecule has 0 heterocycles. The molecule has 1 aromatic carbocycles. The zero-order chi connectivity index (χ0) is 20.4. The molecular weight excluding hydrogens is 340 g/mol. The molecule has 0 saturated heterocycles. The number of hydrogen-bond donors (Lipinski definition) is 3. The summed E-state index contributed by atoms with van der Waals surface area (Å²) in [5, 5.41) is 30.4. The summed E-state index contributed by atoms with van der Waals surface area (Å²) in [5.41, 5.74) is 2.87. The van der Waals surface area contributed by atoms with Crippen LogP contribution in [0.2, 0.25) is 0 Å². The van der Waals surface area contributed by atoms with Gasteiger partial charge in [-0.1, -0.05) is 55.7 Å². The van der Waals surface area contributed by atoms with Crippen LogP contribution in [0.5, 0.6) is 11.5 Å². The van der Waals surface area contributed by atoms with Crippen LogP contribution in [0.4, 0.5) is 0 Å². The van der Waals surface area contributed by atoms with Gasteiger partial charge in [0.2, 0.25) is 0 Å². The molecule has 4 nitrogen and oxygen atoms in total. The Morgan fingerprint density at radius 1 is 1.19 bits per heavy atom. The van der Waals surface area contributed by atoms with E-state index in [2.05, 4.69) is 19.6 Å². The Kier molecular flexibility index (Phi) is 9.41. The van der Waals surface area contributed by atoms with Crippen molar-refractivity contribution >= 4 is 5.97 Å². The zero-order valence-corrected chi connectivity index (χ0v) is 16.7. The Morgan fingerprint density at radius 2 is 1.89 bits per heavy atom. The summed E-state index contributed by atoms with van der Waals surface area (Å²) < 4.78 is 0. The van der Waals surface area contributed by atoms with Crippen LogP contribution in [0.3, 0.4) is 0 Å². The first-order chi connectivity index (χ1) is 12.8. The van der Waals surface area contributed by atoms with E-state index in [1.807, 2.05) is 19.9 Å². The van der Waals surface area contributed by atoms with Crippen LogP contribution in [-0.2, 0) is 12.8 Å². The van der Waals surface area contributed by atoms with E-state index in [9.17, 15) is 20.1 Å². The van der Waals surface area contributed by atoms with Crippen molar-refractivity contribution in [1.29, 1.82) is 0 Å². The lowest BCUT2D eigenvalue weighted by molar-refractivity contribution is 0.0692. The molecule has 0 atom stereocenters. The van der Waals surface area contributed by atoms with Crippen LogP contribution in [0.15, 0.2) is 42.0 Å². The summed E-state index contributed by atoms with van der Waals surface area (Å²) in [6.45, 7) is 9.97. The largest absolute Gasteiger partial charge is 0.508 e. The summed E-state index contributed by atoms with van der Waals surface area (Å²) in [4.78, 5) is 11.7. The number of benzene rings is 1. The number of rotatable bonds is 11. The van der Waals surface area contributed by atoms with Gasteiger partial charge in [-0.05, 0) is 57.6 Å². The fraction of sp³-hybridized carbons (Fsp3) is 0.435. The van der Waals surface area contributed by atoms with E-state index in [0.29, 0.717) is 12.0 Å². The van der Waals surface area contributed by atoms with Crippen molar-refractivity contribution in [3.63, 3.8) is 0 Å². The molecule has 0 aliphatic heterocycles. The molecule has 27 heavy (non-hydrogen) atoms. The van der Waals surface area contributed by atoms with Gasteiger partial charge >= 0.3 is 5.97 Å². The van der Waals surface area contributed by atoms with Crippen LogP contribution in [0.25, 0.3) is 0 Å². The summed E-state index contributed by atoms with van der Waals surface area (Å²) in [5.74, 6) is -1.57. The van der Waals surface area contributed by atoms with Gasteiger partial charge in [-0.2, -0.15) is 0 Å². The molecule has 148 valence electrons. The molecule has 0 aromatic heterocycles. The number of aromatic carboxylic acids is 1. The Labute approximate surface area is 162 Å². The van der Waals surface area contributed by atoms with Crippen molar-refractivity contribution in [2.24, 2.45) is 0 Å². The Balaban J connectivity index is 3.11. The molecule has 0 bridgehead atoms. The third-order valence-corrected chi connectivity index (χ3v) is 4.54. The van der Waals surface area contributed by atoms with Crippen molar-refractivity contribution in [2.45, 2.75) is 65.7 Å². The average Bonchev–Trinajstić information content (AvgIpc) is 2.59. The van der Waals surface area contributed by atoms with Gasteiger partial charge in [-0.15, -0.1) is 0 Å². The van der Waals surface area contributed by atoms with Crippen LogP contribution in [-0.4, -0.2) is 21.3 Å². The minimum atomic E-state index is -1.17. The number of carbonyl (C=O) groups is 1. The number of hydrogen-bond acceptors (Lipinski definition) is 3. The Bertz CT molecular complexity index is 722. The maximum Gasteiger partial charge on any atom is 0.339 e. The highest BCUT2D eigenvalue weighted by atomic mass is 16.4. The lowest BCUT2D eigenvalue weighted by Gasteiger charge is -2.14. The van der Waals surface area contributed by atoms with E-state index in [4.69, 9.17) is 0 Å². The van der Waals surface area contributed by atoms with Crippen LogP contribution < -0.4 is 0 Å². The lowest BCUT2D eigenvalue weighted by Crippen LogP contribution is -2.05. The number of phenolic OH excluding ortho intramolecular Hbond substituents is 1. The molecule has 1 aromatic rings. The molecule has 0 aliphatic carbocycles. The van der Waals surface area contributed by atoms with Crippen LogP contribution in [0.1, 0.15) is 74.4 Å². The maximum atomic E-state index is 11.7. The van der Waals surface area contributed by atoms with Gasteiger partial charge in [-0.25, -0.2) is 4.79 Å². The molecule has 0 saturated carbocycles. The number of carboxylic acids is 1. The third kappa shape index (κ3) is 6.97. The van der Waals surface area contributed by atoms with E-state index in [1.54, 1.807) is 6.08 Å². The fourth-order valence-corrected chi connectivity index (χ4v) is 3.00. The van der Waals surface area contributed by atoms with Gasteiger partial charge in [0.15, 0.2) is 0 Å². The number of unbranched alkanes of at least 4 members (excludes halogenated alkanes) is 2. The molecule has 0 amide bonds. The predicted molar refractivity (Wildman–Crippen MR) is 111 cm³/mol. The molecule has 4 heteroatoms. The SMILES string of the molecule is C=C/C(=C\Cc1c(O)cc(CCCCC)c(C(=O)O)c1O)CCC=C(C)C. The van der Waals surface area contributed by atoms with Crippen molar-refractivity contribution in [2.75, 3.05) is 0 Å². The van der Waals surface area contributed by atoms with Crippen molar-refractivity contribution < 1.29 is 20.1 Å². The predicted octanol–water partition coefficient (Wildman–Crippen LogP) is 5.93. The number of aryl methyl sites for hydroxylation is 1. The van der Waals surface area contributed by atoms with Crippen LogP contribution in [0, 0.1) is 0 Å². The zero-order valence-electron chi connectivity index (χ0n) is 16.7. The van der Waals surface area contributed by atoms with E-state index < -0.39 is 5.97 Å². The number of phenols is 2. The first-order valence-corrected chi connectivity index (χ1v) is 9.56. The molecule has 0 radical (unpaired) electrons. The average molecular weight is 373 g/mol. The number of carboxylic acid groups (broad SMARTS) is 1. The summed E-state index contributed by atoms with van der Waals surface area (Å²) in [6.07, 6.45) is 11.0. The number of aromatic hydroxyl groups is 2. The van der Waals surface area contributed by atoms with E-state index in [1.165, 1.54) is 11.6 Å². The van der Waals surface area contributed by atoms with Gasteiger partial charge in [0.25, 0.3) is 0 Å². The quantitative estimate of drug-likeness (QED) is 0.255.